The number of hydrogen-bond donors (Lipinski definition) is 2. The lowest BCUT2D eigenvalue weighted by molar-refractivity contribution is -0.398. The number of aliphatic carboxylic acids is 1. The van der Waals surface area contributed by atoms with Crippen LogP contribution in [0.2, 0.25) is 0 Å². The minimum absolute atomic E-state index is 0.922. The van der Waals surface area contributed by atoms with Crippen molar-refractivity contribution in [2.75, 3.05) is 0 Å². The topological polar surface area (TPSA) is 57.5 Å². The van der Waals surface area contributed by atoms with Crippen LogP contribution in [-0.2, 0) is 4.79 Å². The highest BCUT2D eigenvalue weighted by Gasteiger charge is 2.81. The molecule has 0 saturated carbocycles. The van der Waals surface area contributed by atoms with Gasteiger partial charge in [0.05, 0.1) is 6.10 Å². The minimum Gasteiger partial charge on any atom is -0.478 e. The van der Waals surface area contributed by atoms with Crippen LogP contribution in [0.4, 0.5) is 39.5 Å². The molecule has 0 saturated heterocycles. The Bertz CT molecular complexity index is 441. The normalized spacial score (nSPS) is 15.5. The molecule has 1 unspecified atom stereocenters. The molecule has 0 aromatic rings. The maximum atomic E-state index is 13.1. The zero-order valence-corrected chi connectivity index (χ0v) is 10.4. The van der Waals surface area contributed by atoms with Gasteiger partial charge in [0.15, 0.2) is 0 Å². The van der Waals surface area contributed by atoms with Gasteiger partial charge in [0.25, 0.3) is 0 Å². The van der Waals surface area contributed by atoms with Crippen molar-refractivity contribution in [3.05, 3.63) is 12.2 Å². The smallest absolute Gasteiger partial charge is 0.460 e. The highest BCUT2D eigenvalue weighted by Crippen LogP contribution is 2.54. The standard InChI is InChI=1S/C10H9F9O3/c1-4(6(21)22)2-5(20)3-7(11,12)8(13,14)9(15,16)10(17,18)19/h5,20H,1-3H2,(H,21,22). The minimum atomic E-state index is -7.05. The summed E-state index contributed by atoms with van der Waals surface area (Å²) in [5, 5.41) is 17.3. The summed E-state index contributed by atoms with van der Waals surface area (Å²) in [7, 11) is 0. The van der Waals surface area contributed by atoms with Gasteiger partial charge < -0.3 is 10.2 Å². The van der Waals surface area contributed by atoms with Gasteiger partial charge in [0, 0.05) is 18.4 Å². The van der Waals surface area contributed by atoms with E-state index in [1.807, 2.05) is 0 Å². The van der Waals surface area contributed by atoms with Crippen LogP contribution >= 0.6 is 0 Å². The number of aliphatic hydroxyl groups is 1. The Labute approximate surface area is 117 Å². The summed E-state index contributed by atoms with van der Waals surface area (Å²) in [6.07, 6.45) is -13.3. The Balaban J connectivity index is 5.29. The van der Waals surface area contributed by atoms with Crippen molar-refractivity contribution in [2.24, 2.45) is 0 Å². The molecule has 0 aromatic heterocycles. The van der Waals surface area contributed by atoms with E-state index in [9.17, 15) is 44.3 Å². The fraction of sp³-hybridized carbons (Fsp3) is 0.700. The van der Waals surface area contributed by atoms with E-state index in [4.69, 9.17) is 10.2 Å². The lowest BCUT2D eigenvalue weighted by Gasteiger charge is -2.34. The van der Waals surface area contributed by atoms with Crippen molar-refractivity contribution in [3.8, 4) is 0 Å². The lowest BCUT2D eigenvalue weighted by atomic mass is 9.96. The van der Waals surface area contributed by atoms with E-state index < -0.39 is 54.4 Å². The van der Waals surface area contributed by atoms with Crippen LogP contribution in [0.15, 0.2) is 12.2 Å². The maximum absolute atomic E-state index is 13.1. The summed E-state index contributed by atoms with van der Waals surface area (Å²) < 4.78 is 112. The lowest BCUT2D eigenvalue weighted by Crippen LogP contribution is -2.61. The van der Waals surface area contributed by atoms with Crippen LogP contribution < -0.4 is 0 Å². The molecule has 1 atom stereocenters. The molecule has 12 heteroatoms. The van der Waals surface area contributed by atoms with Gasteiger partial charge in [-0.1, -0.05) is 6.58 Å². The predicted molar refractivity (Wildman–Crippen MR) is 52.9 cm³/mol. The highest BCUT2D eigenvalue weighted by atomic mass is 19.4. The Hall–Kier alpha value is -1.46. The number of alkyl halides is 9. The molecule has 0 amide bonds. The second-order valence-electron chi connectivity index (χ2n) is 4.32. The average molecular weight is 348 g/mol. The van der Waals surface area contributed by atoms with Crippen molar-refractivity contribution in [1.29, 1.82) is 0 Å². The molecule has 0 radical (unpaired) electrons. The van der Waals surface area contributed by atoms with Crippen molar-refractivity contribution < 1.29 is 54.5 Å². The van der Waals surface area contributed by atoms with Gasteiger partial charge in [0.1, 0.15) is 0 Å². The summed E-state index contributed by atoms with van der Waals surface area (Å²) in [6.45, 7) is 2.75. The van der Waals surface area contributed by atoms with Crippen LogP contribution in [-0.4, -0.2) is 46.2 Å². The van der Waals surface area contributed by atoms with Gasteiger partial charge in [-0.2, -0.15) is 39.5 Å². The molecule has 22 heavy (non-hydrogen) atoms. The number of aliphatic hydroxyl groups excluding tert-OH is 1. The third-order valence-corrected chi connectivity index (χ3v) is 2.49. The fourth-order valence-corrected chi connectivity index (χ4v) is 1.28. The van der Waals surface area contributed by atoms with E-state index in [0.29, 0.717) is 0 Å². The number of hydrogen-bond acceptors (Lipinski definition) is 2. The molecule has 0 aromatic carbocycles. The first-order valence-corrected chi connectivity index (χ1v) is 5.26. The summed E-state index contributed by atoms with van der Waals surface area (Å²) in [5.74, 6) is -21.6. The third kappa shape index (κ3) is 3.84. The van der Waals surface area contributed by atoms with E-state index in [-0.39, 0.29) is 0 Å². The molecular formula is C10H9F9O3. The molecule has 0 bridgehead atoms. The second kappa shape index (κ2) is 5.97. The second-order valence-corrected chi connectivity index (χ2v) is 4.32. The molecule has 0 aliphatic heterocycles. The Morgan fingerprint density at radius 3 is 1.68 bits per heavy atom. The molecule has 0 fully saturated rings. The molecular weight excluding hydrogens is 339 g/mol. The van der Waals surface area contributed by atoms with Crippen LogP contribution in [0.1, 0.15) is 12.8 Å². The highest BCUT2D eigenvalue weighted by molar-refractivity contribution is 5.85. The average Bonchev–Trinajstić information content (AvgIpc) is 2.25. The monoisotopic (exact) mass is 348 g/mol. The van der Waals surface area contributed by atoms with Crippen molar-refractivity contribution in [3.63, 3.8) is 0 Å². The summed E-state index contributed by atoms with van der Waals surface area (Å²) in [5.41, 5.74) is -0.922. The van der Waals surface area contributed by atoms with Gasteiger partial charge in [-0.25, -0.2) is 4.79 Å². The van der Waals surface area contributed by atoms with Gasteiger partial charge in [-0.3, -0.25) is 0 Å². The summed E-state index contributed by atoms with van der Waals surface area (Å²) >= 11 is 0. The van der Waals surface area contributed by atoms with Crippen LogP contribution in [0.25, 0.3) is 0 Å². The van der Waals surface area contributed by atoms with E-state index in [2.05, 4.69) is 6.58 Å². The number of rotatable bonds is 7. The molecule has 3 nitrogen and oxygen atoms in total. The van der Waals surface area contributed by atoms with E-state index in [1.165, 1.54) is 0 Å². The Morgan fingerprint density at radius 2 is 1.36 bits per heavy atom. The Morgan fingerprint density at radius 1 is 0.955 bits per heavy atom. The van der Waals surface area contributed by atoms with E-state index in [1.54, 1.807) is 0 Å². The van der Waals surface area contributed by atoms with Crippen LogP contribution in [0, 0.1) is 0 Å². The molecule has 0 spiro atoms. The van der Waals surface area contributed by atoms with E-state index in [0.717, 1.165) is 0 Å². The zero-order chi connectivity index (χ0) is 18.1. The Kier molecular flexibility index (Phi) is 5.57. The van der Waals surface area contributed by atoms with Crippen LogP contribution in [0.3, 0.4) is 0 Å². The molecule has 0 aliphatic rings. The van der Waals surface area contributed by atoms with Gasteiger partial charge >= 0.3 is 29.9 Å². The fourth-order valence-electron chi connectivity index (χ4n) is 1.28. The van der Waals surface area contributed by atoms with Gasteiger partial charge in [-0.15, -0.1) is 0 Å². The molecule has 0 heterocycles. The zero-order valence-electron chi connectivity index (χ0n) is 10.4. The maximum Gasteiger partial charge on any atom is 0.460 e. The first-order valence-electron chi connectivity index (χ1n) is 5.26. The third-order valence-electron chi connectivity index (χ3n) is 2.49. The molecule has 0 rings (SSSR count). The molecule has 0 aliphatic carbocycles. The summed E-state index contributed by atoms with van der Waals surface area (Å²) in [4.78, 5) is 10.3. The summed E-state index contributed by atoms with van der Waals surface area (Å²) in [6, 6.07) is 0. The van der Waals surface area contributed by atoms with Crippen molar-refractivity contribution in [1.82, 2.24) is 0 Å². The van der Waals surface area contributed by atoms with Crippen LogP contribution in [0.5, 0.6) is 0 Å². The van der Waals surface area contributed by atoms with E-state index >= 15 is 0 Å². The molecule has 130 valence electrons. The SMILES string of the molecule is C=C(CC(O)CC(F)(F)C(F)(F)C(F)(F)C(F)(F)F)C(=O)O. The number of halogens is 9. The van der Waals surface area contributed by atoms with Gasteiger partial charge in [0.2, 0.25) is 0 Å². The first-order chi connectivity index (χ1) is 9.47. The predicted octanol–water partition coefficient (Wildman–Crippen LogP) is 3.24. The molecule has 2 N–H and O–H groups in total. The largest absolute Gasteiger partial charge is 0.478 e. The number of carboxylic acids is 1. The number of carboxylic acid groups (broad SMARTS) is 1. The number of carbonyl (C=O) groups is 1. The first kappa shape index (κ1) is 20.5. The quantitative estimate of drug-likeness (QED) is 0.549. The van der Waals surface area contributed by atoms with Crippen molar-refractivity contribution in [2.45, 2.75) is 42.9 Å². The van der Waals surface area contributed by atoms with Crippen molar-refractivity contribution >= 4 is 5.97 Å². The van der Waals surface area contributed by atoms with Gasteiger partial charge in [-0.05, 0) is 0 Å².